The largest absolute Gasteiger partial charge is 0.480 e. The molecular formula is C20H40N10O5S2. The molecule has 4 unspecified atom stereocenters. The zero-order chi connectivity index (χ0) is 28.4. The van der Waals surface area contributed by atoms with E-state index in [1.54, 1.807) is 0 Å². The lowest BCUT2D eigenvalue weighted by Crippen LogP contribution is -2.57. The van der Waals surface area contributed by atoms with Crippen molar-refractivity contribution in [3.05, 3.63) is 0 Å². The summed E-state index contributed by atoms with van der Waals surface area (Å²) in [6.45, 7) is 0.418. The van der Waals surface area contributed by atoms with Gasteiger partial charge in [-0.05, 0) is 44.1 Å². The molecule has 0 spiro atoms. The number of rotatable bonds is 19. The molecule has 212 valence electrons. The zero-order valence-corrected chi connectivity index (χ0v) is 22.6. The minimum absolute atomic E-state index is 0.0622. The number of hydrogen-bond donors (Lipinski definition) is 10. The Labute approximate surface area is 226 Å². The molecule has 15 nitrogen and oxygen atoms in total. The second-order valence-corrected chi connectivity index (χ2v) is 9.34. The van der Waals surface area contributed by atoms with Crippen LogP contribution in [0.3, 0.4) is 0 Å². The molecule has 0 aromatic carbocycles. The molecule has 0 aromatic rings. The summed E-state index contributed by atoms with van der Waals surface area (Å²) in [6.07, 6.45) is 2.95. The summed E-state index contributed by atoms with van der Waals surface area (Å²) in [5, 5.41) is 17.1. The molecular weight excluding hydrogens is 524 g/mol. The normalized spacial score (nSPS) is 13.8. The summed E-state index contributed by atoms with van der Waals surface area (Å²) in [5.41, 5.74) is 26.8. The van der Waals surface area contributed by atoms with Crippen LogP contribution in [0.4, 0.5) is 0 Å². The van der Waals surface area contributed by atoms with Gasteiger partial charge >= 0.3 is 5.97 Å². The third-order valence-electron chi connectivity index (χ3n) is 4.92. The maximum absolute atomic E-state index is 13.1. The molecule has 0 aliphatic heterocycles. The van der Waals surface area contributed by atoms with E-state index in [1.807, 2.05) is 6.26 Å². The number of hydrogen-bond acceptors (Lipinski definition) is 9. The van der Waals surface area contributed by atoms with Crippen molar-refractivity contribution in [2.24, 2.45) is 38.7 Å². The van der Waals surface area contributed by atoms with Crippen LogP contribution >= 0.6 is 24.4 Å². The van der Waals surface area contributed by atoms with Crippen molar-refractivity contribution in [1.29, 1.82) is 0 Å². The van der Waals surface area contributed by atoms with E-state index >= 15 is 0 Å². The van der Waals surface area contributed by atoms with E-state index in [4.69, 9.17) is 28.7 Å². The summed E-state index contributed by atoms with van der Waals surface area (Å²) in [5.74, 6) is -2.79. The van der Waals surface area contributed by atoms with Gasteiger partial charge in [0.15, 0.2) is 11.9 Å². The number of carboxylic acids is 1. The lowest BCUT2D eigenvalue weighted by molar-refractivity contribution is -0.142. The van der Waals surface area contributed by atoms with Gasteiger partial charge in [-0.1, -0.05) is 0 Å². The van der Waals surface area contributed by atoms with Crippen LogP contribution in [0.1, 0.15) is 32.1 Å². The smallest absolute Gasteiger partial charge is 0.326 e. The summed E-state index contributed by atoms with van der Waals surface area (Å²) in [4.78, 5) is 57.6. The predicted octanol–water partition coefficient (Wildman–Crippen LogP) is -3.36. The van der Waals surface area contributed by atoms with Crippen LogP contribution in [0.2, 0.25) is 0 Å². The quantitative estimate of drug-likeness (QED) is 0.0320. The molecule has 0 fully saturated rings. The molecule has 17 heteroatoms. The van der Waals surface area contributed by atoms with Crippen LogP contribution < -0.4 is 44.6 Å². The van der Waals surface area contributed by atoms with Crippen LogP contribution in [0.5, 0.6) is 0 Å². The maximum Gasteiger partial charge on any atom is 0.326 e. The van der Waals surface area contributed by atoms with Gasteiger partial charge in [0, 0.05) is 18.8 Å². The number of thiol groups is 1. The first-order valence-corrected chi connectivity index (χ1v) is 13.6. The summed E-state index contributed by atoms with van der Waals surface area (Å²) in [6, 6.07) is -4.23. The molecule has 0 saturated carbocycles. The fraction of sp³-hybridized carbons (Fsp3) is 0.700. The van der Waals surface area contributed by atoms with Gasteiger partial charge in [-0.25, -0.2) is 4.79 Å². The number of carboxylic acid groups (broad SMARTS) is 1. The van der Waals surface area contributed by atoms with E-state index in [2.05, 4.69) is 38.6 Å². The summed E-state index contributed by atoms with van der Waals surface area (Å²) >= 11 is 5.44. The molecule has 0 aliphatic rings. The number of carbonyl (C=O) groups excluding carboxylic acids is 3. The van der Waals surface area contributed by atoms with Crippen molar-refractivity contribution < 1.29 is 24.3 Å². The Kier molecular flexibility index (Phi) is 17.7. The molecule has 37 heavy (non-hydrogen) atoms. The Hall–Kier alpha value is -2.92. The van der Waals surface area contributed by atoms with Gasteiger partial charge in [0.25, 0.3) is 0 Å². The highest BCUT2D eigenvalue weighted by Gasteiger charge is 2.29. The fourth-order valence-corrected chi connectivity index (χ4v) is 3.58. The van der Waals surface area contributed by atoms with Gasteiger partial charge < -0.3 is 49.7 Å². The van der Waals surface area contributed by atoms with Crippen LogP contribution in [-0.4, -0.2) is 95.7 Å². The molecule has 0 radical (unpaired) electrons. The Morgan fingerprint density at radius 2 is 1.24 bits per heavy atom. The Morgan fingerprint density at radius 3 is 1.68 bits per heavy atom. The van der Waals surface area contributed by atoms with Gasteiger partial charge in [0.2, 0.25) is 17.7 Å². The van der Waals surface area contributed by atoms with E-state index in [-0.39, 0.29) is 50.0 Å². The van der Waals surface area contributed by atoms with Crippen LogP contribution in [0.15, 0.2) is 9.98 Å². The van der Waals surface area contributed by atoms with E-state index < -0.39 is 47.9 Å². The van der Waals surface area contributed by atoms with Gasteiger partial charge in [-0.15, -0.1) is 0 Å². The Balaban J connectivity index is 5.47. The molecule has 0 aromatic heterocycles. The molecule has 0 rings (SSSR count). The number of amides is 3. The van der Waals surface area contributed by atoms with Crippen LogP contribution in [0, 0.1) is 0 Å². The zero-order valence-electron chi connectivity index (χ0n) is 20.9. The minimum Gasteiger partial charge on any atom is -0.480 e. The Bertz CT molecular complexity index is 806. The van der Waals surface area contributed by atoms with Crippen LogP contribution in [0.25, 0.3) is 0 Å². The minimum atomic E-state index is -1.24. The maximum atomic E-state index is 13.1. The second-order valence-electron chi connectivity index (χ2n) is 7.99. The van der Waals surface area contributed by atoms with Gasteiger partial charge in [0.1, 0.15) is 18.1 Å². The first-order valence-electron chi connectivity index (χ1n) is 11.5. The fourth-order valence-electron chi connectivity index (χ4n) is 2.94. The number of guanidine groups is 2. The lowest BCUT2D eigenvalue weighted by atomic mass is 10.1. The van der Waals surface area contributed by atoms with E-state index in [0.717, 1.165) is 0 Å². The van der Waals surface area contributed by atoms with Crippen molar-refractivity contribution in [3.8, 4) is 0 Å². The van der Waals surface area contributed by atoms with Gasteiger partial charge in [-0.2, -0.15) is 24.4 Å². The van der Waals surface area contributed by atoms with Crippen molar-refractivity contribution in [1.82, 2.24) is 16.0 Å². The van der Waals surface area contributed by atoms with Gasteiger partial charge in [0.05, 0.1) is 6.04 Å². The third kappa shape index (κ3) is 15.7. The molecule has 0 bridgehead atoms. The van der Waals surface area contributed by atoms with Crippen molar-refractivity contribution in [2.75, 3.05) is 30.9 Å². The highest BCUT2D eigenvalue weighted by atomic mass is 32.2. The number of thioether (sulfide) groups is 1. The highest BCUT2D eigenvalue weighted by Crippen LogP contribution is 2.07. The SMILES string of the molecule is CSCCC(NC(=O)C(CCCN=C(N)N)NC(=O)C(N)CS)C(=O)NC(CCCN=C(N)N)C(=O)O. The predicted molar refractivity (Wildman–Crippen MR) is 148 cm³/mol. The lowest BCUT2D eigenvalue weighted by Gasteiger charge is -2.25. The molecule has 14 N–H and O–H groups in total. The number of carbonyl (C=O) groups is 4. The average molecular weight is 565 g/mol. The molecule has 0 saturated heterocycles. The number of aliphatic carboxylic acids is 1. The number of nitrogens with two attached hydrogens (primary N) is 5. The second kappa shape index (κ2) is 19.2. The molecule has 0 heterocycles. The van der Waals surface area contributed by atoms with Crippen molar-refractivity contribution in [2.45, 2.75) is 56.3 Å². The van der Waals surface area contributed by atoms with Crippen LogP contribution in [-0.2, 0) is 19.2 Å². The van der Waals surface area contributed by atoms with Crippen molar-refractivity contribution in [3.63, 3.8) is 0 Å². The monoisotopic (exact) mass is 564 g/mol. The standard InChI is InChI=1S/C20H40N10O5S2/c1-37-9-6-13(17(33)30-14(18(34)35)5-3-8-27-20(24)25)29-16(32)12(4-2-7-26-19(22)23)28-15(31)11(21)10-36/h11-14,36H,2-10,21H2,1H3,(H,28,31)(H,29,32)(H,30,33)(H,34,35)(H4,22,23,26)(H4,24,25,27). The Morgan fingerprint density at radius 1 is 0.811 bits per heavy atom. The topological polar surface area (TPSA) is 279 Å². The summed E-state index contributed by atoms with van der Waals surface area (Å²) in [7, 11) is 0. The molecule has 0 aliphatic carbocycles. The third-order valence-corrected chi connectivity index (χ3v) is 5.95. The van der Waals surface area contributed by atoms with E-state index in [9.17, 15) is 24.3 Å². The molecule has 4 atom stereocenters. The first kappa shape index (κ1) is 34.1. The number of nitrogens with zero attached hydrogens (tertiary/aromatic N) is 2. The number of nitrogens with one attached hydrogen (secondary N) is 3. The molecule has 3 amide bonds. The average Bonchev–Trinajstić information content (AvgIpc) is 2.83. The van der Waals surface area contributed by atoms with Crippen molar-refractivity contribution >= 4 is 60.0 Å². The highest BCUT2D eigenvalue weighted by molar-refractivity contribution is 7.98. The van der Waals surface area contributed by atoms with E-state index in [1.165, 1.54) is 11.8 Å². The first-order chi connectivity index (χ1) is 17.4. The summed E-state index contributed by atoms with van der Waals surface area (Å²) < 4.78 is 0. The number of aliphatic imine (C=N–C) groups is 2. The van der Waals surface area contributed by atoms with Gasteiger partial charge in [-0.3, -0.25) is 24.4 Å². The van der Waals surface area contributed by atoms with E-state index in [0.29, 0.717) is 18.6 Å².